The number of rotatable bonds is 7. The number of hydrogen-bond donors (Lipinski definition) is 4. The Morgan fingerprint density at radius 3 is 2.62 bits per heavy atom. The van der Waals surface area contributed by atoms with E-state index < -0.39 is 0 Å². The molecule has 0 radical (unpaired) electrons. The van der Waals surface area contributed by atoms with Crippen LogP contribution in [-0.4, -0.2) is 25.9 Å². The molecule has 13 heavy (non-hydrogen) atoms. The standard InChI is InChI=1S/C8H20N4O/c1-3-7(2)8(13)12-6-11-5-10-4-9/h7,10-11H,3-6,9H2,1-2H3,(H,12,13). The van der Waals surface area contributed by atoms with Crippen molar-refractivity contribution < 1.29 is 4.79 Å². The van der Waals surface area contributed by atoms with E-state index in [0.717, 1.165) is 6.42 Å². The first-order valence-corrected chi connectivity index (χ1v) is 4.61. The molecular formula is C8H20N4O. The number of amides is 1. The molecule has 0 aliphatic carbocycles. The third kappa shape index (κ3) is 6.51. The molecular weight excluding hydrogens is 168 g/mol. The lowest BCUT2D eigenvalue weighted by Crippen LogP contribution is -2.41. The van der Waals surface area contributed by atoms with Gasteiger partial charge in [-0.1, -0.05) is 13.8 Å². The molecule has 1 amide bonds. The van der Waals surface area contributed by atoms with Crippen molar-refractivity contribution in [3.63, 3.8) is 0 Å². The monoisotopic (exact) mass is 188 g/mol. The summed E-state index contributed by atoms with van der Waals surface area (Å²) in [5.41, 5.74) is 5.20. The fourth-order valence-electron chi connectivity index (χ4n) is 0.732. The van der Waals surface area contributed by atoms with Crippen molar-refractivity contribution in [2.75, 3.05) is 20.0 Å². The second-order valence-electron chi connectivity index (χ2n) is 2.91. The van der Waals surface area contributed by atoms with Crippen LogP contribution in [0, 0.1) is 5.92 Å². The topological polar surface area (TPSA) is 79.2 Å². The van der Waals surface area contributed by atoms with Crippen molar-refractivity contribution in [2.45, 2.75) is 20.3 Å². The van der Waals surface area contributed by atoms with Crippen LogP contribution < -0.4 is 21.7 Å². The van der Waals surface area contributed by atoms with E-state index in [1.165, 1.54) is 0 Å². The molecule has 0 aromatic carbocycles. The maximum atomic E-state index is 11.2. The van der Waals surface area contributed by atoms with Gasteiger partial charge in [0.25, 0.3) is 0 Å². The van der Waals surface area contributed by atoms with Crippen LogP contribution in [0.25, 0.3) is 0 Å². The fourth-order valence-corrected chi connectivity index (χ4v) is 0.732. The lowest BCUT2D eigenvalue weighted by atomic mass is 10.1. The van der Waals surface area contributed by atoms with Crippen molar-refractivity contribution in [1.29, 1.82) is 0 Å². The molecule has 5 nitrogen and oxygen atoms in total. The van der Waals surface area contributed by atoms with Crippen molar-refractivity contribution >= 4 is 5.91 Å². The minimum atomic E-state index is 0.0859. The molecule has 1 atom stereocenters. The summed E-state index contributed by atoms with van der Waals surface area (Å²) in [5, 5.41) is 8.62. The van der Waals surface area contributed by atoms with Crippen LogP contribution in [0.5, 0.6) is 0 Å². The predicted molar refractivity (Wildman–Crippen MR) is 52.7 cm³/mol. The molecule has 0 heterocycles. The Hall–Kier alpha value is -0.650. The molecule has 5 heteroatoms. The number of nitrogens with one attached hydrogen (secondary N) is 3. The Balaban J connectivity index is 3.27. The first-order valence-electron chi connectivity index (χ1n) is 4.61. The smallest absolute Gasteiger partial charge is 0.223 e. The lowest BCUT2D eigenvalue weighted by Gasteiger charge is -2.10. The van der Waals surface area contributed by atoms with Crippen LogP contribution in [0.3, 0.4) is 0 Å². The molecule has 0 saturated carbocycles. The largest absolute Gasteiger partial charge is 0.343 e. The van der Waals surface area contributed by atoms with Crippen molar-refractivity contribution in [2.24, 2.45) is 11.7 Å². The second kappa shape index (κ2) is 7.97. The minimum absolute atomic E-state index is 0.0859. The fraction of sp³-hybridized carbons (Fsp3) is 0.875. The highest BCUT2D eigenvalue weighted by molar-refractivity contribution is 5.78. The second-order valence-corrected chi connectivity index (χ2v) is 2.91. The molecule has 0 aliphatic heterocycles. The molecule has 78 valence electrons. The Morgan fingerprint density at radius 1 is 1.38 bits per heavy atom. The normalized spacial score (nSPS) is 12.5. The van der Waals surface area contributed by atoms with E-state index in [4.69, 9.17) is 5.73 Å². The third-order valence-electron chi connectivity index (χ3n) is 1.84. The maximum absolute atomic E-state index is 11.2. The van der Waals surface area contributed by atoms with E-state index in [1.807, 2.05) is 13.8 Å². The Labute approximate surface area is 79.4 Å². The lowest BCUT2D eigenvalue weighted by molar-refractivity contribution is -0.124. The molecule has 0 rings (SSSR count). The van der Waals surface area contributed by atoms with Gasteiger partial charge in [0.2, 0.25) is 5.91 Å². The quantitative estimate of drug-likeness (QED) is 0.310. The van der Waals surface area contributed by atoms with Crippen LogP contribution in [-0.2, 0) is 4.79 Å². The highest BCUT2D eigenvalue weighted by Gasteiger charge is 2.08. The zero-order chi connectivity index (χ0) is 10.1. The summed E-state index contributed by atoms with van der Waals surface area (Å²) in [6.45, 7) is 5.43. The van der Waals surface area contributed by atoms with E-state index in [2.05, 4.69) is 16.0 Å². The van der Waals surface area contributed by atoms with E-state index in [9.17, 15) is 4.79 Å². The summed E-state index contributed by atoms with van der Waals surface area (Å²) >= 11 is 0. The van der Waals surface area contributed by atoms with Gasteiger partial charge >= 0.3 is 0 Å². The third-order valence-corrected chi connectivity index (χ3v) is 1.84. The summed E-state index contributed by atoms with van der Waals surface area (Å²) in [5.74, 6) is 0.173. The van der Waals surface area contributed by atoms with Gasteiger partial charge in [0.1, 0.15) is 0 Å². The van der Waals surface area contributed by atoms with Gasteiger partial charge < -0.3 is 11.1 Å². The van der Waals surface area contributed by atoms with Crippen LogP contribution in [0.1, 0.15) is 20.3 Å². The highest BCUT2D eigenvalue weighted by Crippen LogP contribution is 1.98. The van der Waals surface area contributed by atoms with E-state index in [-0.39, 0.29) is 11.8 Å². The SMILES string of the molecule is CCC(C)C(=O)NCNCNCN. The summed E-state index contributed by atoms with van der Waals surface area (Å²) < 4.78 is 0. The Bertz CT molecular complexity index is 140. The van der Waals surface area contributed by atoms with Crippen LogP contribution in [0.2, 0.25) is 0 Å². The van der Waals surface area contributed by atoms with Gasteiger partial charge in [-0.2, -0.15) is 0 Å². The minimum Gasteiger partial charge on any atom is -0.343 e. The molecule has 0 aromatic rings. The first kappa shape index (κ1) is 12.3. The molecule has 0 aromatic heterocycles. The van der Waals surface area contributed by atoms with Gasteiger partial charge in [0.05, 0.1) is 6.67 Å². The summed E-state index contributed by atoms with van der Waals surface area (Å²) in [6, 6.07) is 0. The number of carbonyl (C=O) groups excluding carboxylic acids is 1. The van der Waals surface area contributed by atoms with E-state index in [0.29, 0.717) is 20.0 Å². The molecule has 0 bridgehead atoms. The zero-order valence-electron chi connectivity index (χ0n) is 8.39. The predicted octanol–water partition coefficient (Wildman–Crippen LogP) is -0.841. The summed E-state index contributed by atoms with van der Waals surface area (Å²) in [4.78, 5) is 11.2. The van der Waals surface area contributed by atoms with Gasteiger partial charge in [-0.15, -0.1) is 0 Å². The molecule has 0 saturated heterocycles. The molecule has 1 unspecified atom stereocenters. The number of hydrogen-bond acceptors (Lipinski definition) is 4. The van der Waals surface area contributed by atoms with Gasteiger partial charge in [-0.3, -0.25) is 15.4 Å². The summed E-state index contributed by atoms with van der Waals surface area (Å²) in [6.07, 6.45) is 0.868. The van der Waals surface area contributed by atoms with Gasteiger partial charge in [-0.05, 0) is 6.42 Å². The van der Waals surface area contributed by atoms with Gasteiger partial charge in [0.15, 0.2) is 0 Å². The van der Waals surface area contributed by atoms with Gasteiger partial charge in [-0.25, -0.2) is 0 Å². The van der Waals surface area contributed by atoms with Gasteiger partial charge in [0, 0.05) is 19.3 Å². The Morgan fingerprint density at radius 2 is 2.08 bits per heavy atom. The first-order chi connectivity index (χ1) is 6.22. The average molecular weight is 188 g/mol. The van der Waals surface area contributed by atoms with Crippen LogP contribution >= 0.6 is 0 Å². The summed E-state index contributed by atoms with van der Waals surface area (Å²) in [7, 11) is 0. The maximum Gasteiger partial charge on any atom is 0.223 e. The number of carbonyl (C=O) groups is 1. The molecule has 0 fully saturated rings. The Kier molecular flexibility index (Phi) is 7.57. The number of nitrogens with two attached hydrogens (primary N) is 1. The van der Waals surface area contributed by atoms with Crippen LogP contribution in [0.4, 0.5) is 0 Å². The van der Waals surface area contributed by atoms with Crippen LogP contribution in [0.15, 0.2) is 0 Å². The average Bonchev–Trinajstić information content (AvgIpc) is 2.16. The van der Waals surface area contributed by atoms with Crippen molar-refractivity contribution in [3.8, 4) is 0 Å². The molecule has 0 aliphatic rings. The highest BCUT2D eigenvalue weighted by atomic mass is 16.1. The van der Waals surface area contributed by atoms with Crippen molar-refractivity contribution in [1.82, 2.24) is 16.0 Å². The molecule has 0 spiro atoms. The van der Waals surface area contributed by atoms with E-state index in [1.54, 1.807) is 0 Å². The van der Waals surface area contributed by atoms with Crippen molar-refractivity contribution in [3.05, 3.63) is 0 Å². The zero-order valence-corrected chi connectivity index (χ0v) is 8.39. The van der Waals surface area contributed by atoms with E-state index >= 15 is 0 Å². The molecule has 5 N–H and O–H groups in total.